The van der Waals surface area contributed by atoms with Gasteiger partial charge in [0.15, 0.2) is 0 Å². The number of nitrogens with two attached hydrogens (primary N) is 4. The summed E-state index contributed by atoms with van der Waals surface area (Å²) in [6.45, 7) is 8.26. The standard InChI is InChI=1S/C10H28N6.6BrH/c11-1-5-15(6-2-12)9-10-16(7-3-13)8-4-14;;;;;;/h1-14H2;6*1H. The predicted molar refractivity (Wildman–Crippen MR) is 131 cm³/mol. The van der Waals surface area contributed by atoms with Crippen LogP contribution >= 0.6 is 102 Å². The zero-order valence-electron chi connectivity index (χ0n) is 12.7. The van der Waals surface area contributed by atoms with Crippen LogP contribution in [-0.4, -0.2) is 75.2 Å². The molecular weight excluding hydrogens is 684 g/mol. The third-order valence-corrected chi connectivity index (χ3v) is 2.51. The zero-order valence-corrected chi connectivity index (χ0v) is 23.0. The third kappa shape index (κ3) is 27.5. The van der Waals surface area contributed by atoms with Gasteiger partial charge in [0.25, 0.3) is 0 Å². The van der Waals surface area contributed by atoms with Gasteiger partial charge in [-0.15, -0.1) is 102 Å². The molecule has 0 aliphatic carbocycles. The van der Waals surface area contributed by atoms with E-state index in [-0.39, 0.29) is 102 Å². The lowest BCUT2D eigenvalue weighted by Crippen LogP contribution is -2.42. The molecule has 0 aromatic rings. The van der Waals surface area contributed by atoms with Crippen LogP contribution in [0.25, 0.3) is 0 Å². The van der Waals surface area contributed by atoms with E-state index in [0.717, 1.165) is 39.3 Å². The second-order valence-corrected chi connectivity index (χ2v) is 3.84. The van der Waals surface area contributed by atoms with Crippen molar-refractivity contribution < 1.29 is 0 Å². The predicted octanol–water partition coefficient (Wildman–Crippen LogP) is 0.893. The van der Waals surface area contributed by atoms with Gasteiger partial charge < -0.3 is 22.9 Å². The van der Waals surface area contributed by atoms with Crippen LogP contribution in [0, 0.1) is 0 Å². The van der Waals surface area contributed by atoms with Gasteiger partial charge in [-0.05, 0) is 0 Å². The van der Waals surface area contributed by atoms with Gasteiger partial charge in [0.1, 0.15) is 0 Å². The highest BCUT2D eigenvalue weighted by Gasteiger charge is 2.06. The molecule has 0 atom stereocenters. The summed E-state index contributed by atoms with van der Waals surface area (Å²) >= 11 is 0. The van der Waals surface area contributed by atoms with E-state index in [2.05, 4.69) is 9.80 Å². The van der Waals surface area contributed by atoms with E-state index in [1.54, 1.807) is 0 Å². The summed E-state index contributed by atoms with van der Waals surface area (Å²) in [6.07, 6.45) is 0. The van der Waals surface area contributed by atoms with Crippen LogP contribution in [-0.2, 0) is 0 Å². The fraction of sp³-hybridized carbons (Fsp3) is 1.00. The number of halogens is 6. The molecule has 0 fully saturated rings. The van der Waals surface area contributed by atoms with E-state index >= 15 is 0 Å². The summed E-state index contributed by atoms with van der Waals surface area (Å²) in [5.74, 6) is 0. The molecule has 12 heteroatoms. The van der Waals surface area contributed by atoms with Crippen LogP contribution in [0.2, 0.25) is 0 Å². The molecule has 0 spiro atoms. The Morgan fingerprint density at radius 2 is 0.545 bits per heavy atom. The van der Waals surface area contributed by atoms with Crippen LogP contribution in [0.15, 0.2) is 0 Å². The Bertz CT molecular complexity index is 134. The van der Waals surface area contributed by atoms with E-state index in [1.807, 2.05) is 0 Å². The number of hydrogen-bond donors (Lipinski definition) is 4. The van der Waals surface area contributed by atoms with Crippen molar-refractivity contribution in [2.45, 2.75) is 0 Å². The summed E-state index contributed by atoms with van der Waals surface area (Å²) in [5, 5.41) is 0. The molecule has 0 amide bonds. The fourth-order valence-corrected chi connectivity index (χ4v) is 1.68. The normalized spacial score (nSPS) is 8.45. The molecule has 0 heterocycles. The van der Waals surface area contributed by atoms with E-state index in [1.165, 1.54) is 0 Å². The minimum atomic E-state index is 0. The van der Waals surface area contributed by atoms with Crippen molar-refractivity contribution in [3.05, 3.63) is 0 Å². The van der Waals surface area contributed by atoms with Gasteiger partial charge in [-0.2, -0.15) is 0 Å². The maximum atomic E-state index is 5.55. The Balaban J connectivity index is -0.0000000750. The molecule has 146 valence electrons. The Morgan fingerprint density at radius 1 is 0.364 bits per heavy atom. The van der Waals surface area contributed by atoms with Crippen LogP contribution < -0.4 is 22.9 Å². The monoisotopic (exact) mass is 712 g/mol. The Morgan fingerprint density at radius 3 is 0.682 bits per heavy atom. The van der Waals surface area contributed by atoms with Gasteiger partial charge in [-0.1, -0.05) is 0 Å². The second-order valence-electron chi connectivity index (χ2n) is 3.84. The van der Waals surface area contributed by atoms with Crippen LogP contribution in [0.5, 0.6) is 0 Å². The van der Waals surface area contributed by atoms with E-state index in [0.29, 0.717) is 26.2 Å². The molecule has 0 bridgehead atoms. The molecule has 0 aromatic heterocycles. The summed E-state index contributed by atoms with van der Waals surface area (Å²) in [4.78, 5) is 4.56. The SMILES string of the molecule is Br.Br.Br.Br.Br.Br.NCCN(CCN)CCN(CCN)CCN. The average Bonchev–Trinajstić information content (AvgIpc) is 2.27. The smallest absolute Gasteiger partial charge is 0.0110 e. The lowest BCUT2D eigenvalue weighted by atomic mass is 10.4. The zero-order chi connectivity index (χ0) is 12.2. The molecule has 8 N–H and O–H groups in total. The first kappa shape index (κ1) is 44.3. The molecule has 0 aliphatic rings. The van der Waals surface area contributed by atoms with Crippen LogP contribution in [0.1, 0.15) is 0 Å². The van der Waals surface area contributed by atoms with Gasteiger partial charge in [-0.25, -0.2) is 0 Å². The van der Waals surface area contributed by atoms with Crippen molar-refractivity contribution in [2.24, 2.45) is 22.9 Å². The number of hydrogen-bond acceptors (Lipinski definition) is 6. The molecule has 0 unspecified atom stereocenters. The maximum absolute atomic E-state index is 5.55. The number of nitrogens with zero attached hydrogens (tertiary/aromatic N) is 2. The lowest BCUT2D eigenvalue weighted by Gasteiger charge is -2.26. The molecule has 0 saturated heterocycles. The van der Waals surface area contributed by atoms with Crippen molar-refractivity contribution in [1.29, 1.82) is 0 Å². The van der Waals surface area contributed by atoms with Crippen LogP contribution in [0.3, 0.4) is 0 Å². The largest absolute Gasteiger partial charge is 0.329 e. The van der Waals surface area contributed by atoms with Gasteiger partial charge in [0.2, 0.25) is 0 Å². The fourth-order valence-electron chi connectivity index (χ4n) is 1.68. The summed E-state index contributed by atoms with van der Waals surface area (Å²) in [6, 6.07) is 0. The molecule has 0 saturated carbocycles. The molecule has 0 aromatic carbocycles. The van der Waals surface area contributed by atoms with Gasteiger partial charge >= 0.3 is 0 Å². The quantitative estimate of drug-likeness (QED) is 0.253. The van der Waals surface area contributed by atoms with Crippen molar-refractivity contribution in [1.82, 2.24) is 9.80 Å². The Labute approximate surface area is 198 Å². The summed E-state index contributed by atoms with van der Waals surface area (Å²) < 4.78 is 0. The molecule has 6 nitrogen and oxygen atoms in total. The first-order chi connectivity index (χ1) is 7.78. The highest BCUT2D eigenvalue weighted by molar-refractivity contribution is 8.93. The molecule has 0 radical (unpaired) electrons. The van der Waals surface area contributed by atoms with E-state index in [9.17, 15) is 0 Å². The summed E-state index contributed by atoms with van der Waals surface area (Å²) in [5.41, 5.74) is 22.2. The minimum Gasteiger partial charge on any atom is -0.329 e. The maximum Gasteiger partial charge on any atom is 0.0110 e. The molecule has 22 heavy (non-hydrogen) atoms. The van der Waals surface area contributed by atoms with Crippen LogP contribution in [0.4, 0.5) is 0 Å². The summed E-state index contributed by atoms with van der Waals surface area (Å²) in [7, 11) is 0. The second kappa shape index (κ2) is 34.9. The Kier molecular flexibility index (Phi) is 70.1. The molecule has 0 aliphatic heterocycles. The van der Waals surface area contributed by atoms with Crippen molar-refractivity contribution in [3.63, 3.8) is 0 Å². The highest BCUT2D eigenvalue weighted by Crippen LogP contribution is 1.91. The topological polar surface area (TPSA) is 111 Å². The van der Waals surface area contributed by atoms with E-state index in [4.69, 9.17) is 22.9 Å². The minimum absolute atomic E-state index is 0. The lowest BCUT2D eigenvalue weighted by molar-refractivity contribution is 0.215. The van der Waals surface area contributed by atoms with E-state index < -0.39 is 0 Å². The first-order valence-corrected chi connectivity index (χ1v) is 6.03. The third-order valence-electron chi connectivity index (χ3n) is 2.51. The molecular formula is C10H34Br6N6. The van der Waals surface area contributed by atoms with Gasteiger partial charge in [-0.3, -0.25) is 9.80 Å². The first-order valence-electron chi connectivity index (χ1n) is 6.03. The van der Waals surface area contributed by atoms with Crippen molar-refractivity contribution in [2.75, 3.05) is 65.4 Å². The average molecular weight is 718 g/mol. The number of rotatable bonds is 11. The van der Waals surface area contributed by atoms with Crippen molar-refractivity contribution >= 4 is 102 Å². The van der Waals surface area contributed by atoms with Gasteiger partial charge in [0.05, 0.1) is 0 Å². The Hall–Kier alpha value is 2.64. The molecule has 0 rings (SSSR count). The van der Waals surface area contributed by atoms with Gasteiger partial charge in [0, 0.05) is 65.4 Å². The highest BCUT2D eigenvalue weighted by atomic mass is 79.9. The van der Waals surface area contributed by atoms with Crippen molar-refractivity contribution in [3.8, 4) is 0 Å².